The number of phenols is 2. The summed E-state index contributed by atoms with van der Waals surface area (Å²) in [6.45, 7) is 0.496. The molecule has 1 amide bonds. The molecule has 0 bridgehead atoms. The number of fused-ring (bicyclic) bond motifs is 1. The number of halogens is 1. The molecule has 74 valence electrons. The van der Waals surface area contributed by atoms with E-state index in [1.54, 1.807) is 0 Å². The highest BCUT2D eigenvalue weighted by Gasteiger charge is 2.23. The summed E-state index contributed by atoms with van der Waals surface area (Å²) in [5.74, 6) is -1.01. The normalized spacial score (nSPS) is 14.8. The number of nitrogens with one attached hydrogen (secondary N) is 1. The van der Waals surface area contributed by atoms with E-state index in [1.165, 1.54) is 6.07 Å². The topological polar surface area (TPSA) is 69.6 Å². The van der Waals surface area contributed by atoms with Crippen LogP contribution >= 0.6 is 11.6 Å². The second kappa shape index (κ2) is 3.06. The molecule has 3 N–H and O–H groups in total. The number of aromatic hydroxyl groups is 2. The van der Waals surface area contributed by atoms with Gasteiger partial charge >= 0.3 is 0 Å². The number of hydrogen-bond acceptors (Lipinski definition) is 3. The van der Waals surface area contributed by atoms with Crippen molar-refractivity contribution in [3.05, 3.63) is 22.2 Å². The number of benzene rings is 1. The number of hydrogen-bond donors (Lipinski definition) is 3. The van der Waals surface area contributed by atoms with Crippen LogP contribution in [0.1, 0.15) is 15.9 Å². The lowest BCUT2D eigenvalue weighted by molar-refractivity contribution is 0.0945. The van der Waals surface area contributed by atoms with Crippen molar-refractivity contribution in [1.82, 2.24) is 5.32 Å². The minimum atomic E-state index is -0.370. The van der Waals surface area contributed by atoms with Crippen molar-refractivity contribution < 1.29 is 15.0 Å². The molecule has 1 aromatic rings. The molecular formula is C9H8ClNO3. The first kappa shape index (κ1) is 9.15. The van der Waals surface area contributed by atoms with Gasteiger partial charge in [0.1, 0.15) is 0 Å². The van der Waals surface area contributed by atoms with Gasteiger partial charge in [-0.05, 0) is 18.1 Å². The maximum atomic E-state index is 11.3. The molecule has 0 saturated carbocycles. The Labute approximate surface area is 85.1 Å². The van der Waals surface area contributed by atoms with Crippen LogP contribution in [0.15, 0.2) is 6.07 Å². The molecule has 14 heavy (non-hydrogen) atoms. The first-order chi connectivity index (χ1) is 6.61. The van der Waals surface area contributed by atoms with Gasteiger partial charge in [-0.1, -0.05) is 11.6 Å². The Hall–Kier alpha value is -1.42. The fraction of sp³-hybridized carbons (Fsp3) is 0.222. The van der Waals surface area contributed by atoms with Crippen LogP contribution < -0.4 is 5.32 Å². The highest BCUT2D eigenvalue weighted by molar-refractivity contribution is 6.33. The Morgan fingerprint density at radius 2 is 2.14 bits per heavy atom. The van der Waals surface area contributed by atoms with Crippen molar-refractivity contribution in [1.29, 1.82) is 0 Å². The number of amides is 1. The van der Waals surface area contributed by atoms with Gasteiger partial charge < -0.3 is 15.5 Å². The molecule has 0 spiro atoms. The molecule has 1 aliphatic heterocycles. The molecule has 1 heterocycles. The van der Waals surface area contributed by atoms with Crippen LogP contribution in [-0.4, -0.2) is 22.7 Å². The van der Waals surface area contributed by atoms with Crippen LogP contribution in [0.3, 0.4) is 0 Å². The number of carbonyl (C=O) groups is 1. The lowest BCUT2D eigenvalue weighted by Gasteiger charge is -2.18. The summed E-state index contributed by atoms with van der Waals surface area (Å²) in [5.41, 5.74) is 0.919. The van der Waals surface area contributed by atoms with E-state index in [-0.39, 0.29) is 22.4 Å². The summed E-state index contributed by atoms with van der Waals surface area (Å²) in [4.78, 5) is 11.3. The van der Waals surface area contributed by atoms with Gasteiger partial charge in [-0.3, -0.25) is 4.79 Å². The Bertz CT molecular complexity index is 417. The third kappa shape index (κ3) is 1.19. The molecule has 2 rings (SSSR count). The van der Waals surface area contributed by atoms with E-state index in [0.29, 0.717) is 24.1 Å². The molecule has 0 atom stereocenters. The zero-order valence-electron chi connectivity index (χ0n) is 7.17. The summed E-state index contributed by atoms with van der Waals surface area (Å²) in [5, 5.41) is 21.3. The van der Waals surface area contributed by atoms with Crippen LogP contribution in [0.2, 0.25) is 5.02 Å². The molecule has 4 nitrogen and oxygen atoms in total. The molecule has 5 heteroatoms. The zero-order valence-corrected chi connectivity index (χ0v) is 7.93. The van der Waals surface area contributed by atoms with Crippen LogP contribution in [-0.2, 0) is 6.42 Å². The van der Waals surface area contributed by atoms with Crippen LogP contribution in [0.25, 0.3) is 0 Å². The SMILES string of the molecule is O=C1NCCc2c1cc(O)c(O)c2Cl. The van der Waals surface area contributed by atoms with E-state index in [2.05, 4.69) is 5.32 Å². The van der Waals surface area contributed by atoms with E-state index in [1.807, 2.05) is 0 Å². The first-order valence-electron chi connectivity index (χ1n) is 4.12. The molecule has 1 aliphatic rings. The molecule has 0 aliphatic carbocycles. The third-order valence-corrected chi connectivity index (χ3v) is 2.63. The predicted octanol–water partition coefficient (Wildman–Crippen LogP) is 1.04. The number of rotatable bonds is 0. The molecule has 0 unspecified atom stereocenters. The minimum Gasteiger partial charge on any atom is -0.504 e. The van der Waals surface area contributed by atoms with Crippen molar-refractivity contribution in [2.24, 2.45) is 0 Å². The monoisotopic (exact) mass is 213 g/mol. The van der Waals surface area contributed by atoms with Gasteiger partial charge in [0.25, 0.3) is 5.91 Å². The van der Waals surface area contributed by atoms with Crippen molar-refractivity contribution in [3.63, 3.8) is 0 Å². The Morgan fingerprint density at radius 1 is 1.43 bits per heavy atom. The molecule has 1 aromatic carbocycles. The Kier molecular flexibility index (Phi) is 2.00. The molecular weight excluding hydrogens is 206 g/mol. The largest absolute Gasteiger partial charge is 0.504 e. The Balaban J connectivity index is 2.69. The standard InChI is InChI=1S/C9H8ClNO3/c10-7-4-1-2-11-9(14)5(4)3-6(12)8(7)13/h3,12-13H,1-2H2,(H,11,14). The van der Waals surface area contributed by atoms with Gasteiger partial charge in [0.2, 0.25) is 0 Å². The number of carbonyl (C=O) groups excluding carboxylic acids is 1. The number of phenolic OH excluding ortho intramolecular Hbond substituents is 2. The smallest absolute Gasteiger partial charge is 0.251 e. The van der Waals surface area contributed by atoms with Crippen molar-refractivity contribution >= 4 is 17.5 Å². The fourth-order valence-electron chi connectivity index (χ4n) is 1.51. The van der Waals surface area contributed by atoms with Gasteiger partial charge in [-0.15, -0.1) is 0 Å². The van der Waals surface area contributed by atoms with E-state index in [0.717, 1.165) is 0 Å². The van der Waals surface area contributed by atoms with Gasteiger partial charge in [-0.25, -0.2) is 0 Å². The maximum absolute atomic E-state index is 11.3. The summed E-state index contributed by atoms with van der Waals surface area (Å²) in [6.07, 6.45) is 0.563. The first-order valence-corrected chi connectivity index (χ1v) is 4.50. The van der Waals surface area contributed by atoms with Gasteiger partial charge in [0.15, 0.2) is 11.5 Å². The van der Waals surface area contributed by atoms with Crippen LogP contribution in [0, 0.1) is 0 Å². The van der Waals surface area contributed by atoms with E-state index in [4.69, 9.17) is 11.6 Å². The molecule has 0 fully saturated rings. The second-order valence-electron chi connectivity index (χ2n) is 3.09. The third-order valence-electron chi connectivity index (χ3n) is 2.23. The van der Waals surface area contributed by atoms with Crippen LogP contribution in [0.4, 0.5) is 0 Å². The lowest BCUT2D eigenvalue weighted by atomic mass is 9.99. The van der Waals surface area contributed by atoms with Gasteiger partial charge in [0.05, 0.1) is 5.02 Å². The summed E-state index contributed by atoms with van der Waals surface area (Å²) in [6, 6.07) is 1.23. The second-order valence-corrected chi connectivity index (χ2v) is 3.47. The zero-order chi connectivity index (χ0) is 10.3. The molecule has 0 aromatic heterocycles. The van der Waals surface area contributed by atoms with Crippen LogP contribution in [0.5, 0.6) is 11.5 Å². The van der Waals surface area contributed by atoms with Crippen molar-refractivity contribution in [2.45, 2.75) is 6.42 Å². The average Bonchev–Trinajstić information content (AvgIpc) is 2.17. The fourth-order valence-corrected chi connectivity index (χ4v) is 1.80. The highest BCUT2D eigenvalue weighted by Crippen LogP contribution is 2.38. The average molecular weight is 214 g/mol. The Morgan fingerprint density at radius 3 is 2.86 bits per heavy atom. The molecule has 0 radical (unpaired) electrons. The predicted molar refractivity (Wildman–Crippen MR) is 50.8 cm³/mol. The van der Waals surface area contributed by atoms with Gasteiger partial charge in [0, 0.05) is 12.1 Å². The highest BCUT2D eigenvalue weighted by atomic mass is 35.5. The lowest BCUT2D eigenvalue weighted by Crippen LogP contribution is -2.31. The summed E-state index contributed by atoms with van der Waals surface area (Å²) < 4.78 is 0. The van der Waals surface area contributed by atoms with E-state index < -0.39 is 0 Å². The van der Waals surface area contributed by atoms with E-state index in [9.17, 15) is 15.0 Å². The van der Waals surface area contributed by atoms with Crippen molar-refractivity contribution in [2.75, 3.05) is 6.54 Å². The van der Waals surface area contributed by atoms with E-state index >= 15 is 0 Å². The minimum absolute atomic E-state index is 0.0647. The van der Waals surface area contributed by atoms with Crippen molar-refractivity contribution in [3.8, 4) is 11.5 Å². The summed E-state index contributed by atoms with van der Waals surface area (Å²) in [7, 11) is 0. The summed E-state index contributed by atoms with van der Waals surface area (Å²) >= 11 is 5.79. The van der Waals surface area contributed by atoms with Gasteiger partial charge in [-0.2, -0.15) is 0 Å². The maximum Gasteiger partial charge on any atom is 0.251 e. The molecule has 0 saturated heterocycles. The quantitative estimate of drug-likeness (QED) is 0.564.